The van der Waals surface area contributed by atoms with E-state index in [-0.39, 0.29) is 70.6 Å². The number of carbonyl (C=O) groups is 2. The van der Waals surface area contributed by atoms with E-state index < -0.39 is 11.9 Å². The topological polar surface area (TPSA) is 80.3 Å². The molecule has 0 aromatic carbocycles. The minimum Gasteiger partial charge on any atom is -0.549 e. The van der Waals surface area contributed by atoms with Crippen molar-refractivity contribution in [3.8, 4) is 0 Å². The molecule has 0 spiro atoms. The van der Waals surface area contributed by atoms with Crippen molar-refractivity contribution in [1.29, 1.82) is 0 Å². The average molecular weight is 226 g/mol. The van der Waals surface area contributed by atoms with Gasteiger partial charge in [0.25, 0.3) is 0 Å². The maximum Gasteiger partial charge on any atom is 1.00 e. The molecule has 0 bridgehead atoms. The molecule has 0 rings (SSSR count). The van der Waals surface area contributed by atoms with Crippen molar-refractivity contribution < 1.29 is 78.9 Å². The van der Waals surface area contributed by atoms with E-state index in [0.717, 1.165) is 21.6 Å². The molecule has 12 heavy (non-hydrogen) atoms. The number of carbonyl (C=O) groups excluding carboxylic acids is 2. The Morgan fingerprint density at radius 1 is 0.917 bits per heavy atom. The molecule has 0 radical (unpaired) electrons. The number of rotatable bonds is 5. The molecule has 0 fully saturated rings. The fourth-order valence-corrected chi connectivity index (χ4v) is 1.62. The van der Waals surface area contributed by atoms with Gasteiger partial charge in [0.1, 0.15) is 0 Å². The first kappa shape index (κ1) is 19.2. The Hall–Kier alpha value is 1.64. The molecule has 0 aliphatic heterocycles. The molecule has 0 saturated heterocycles. The fraction of sp³-hybridized carbons (Fsp3) is 0.500. The van der Waals surface area contributed by atoms with E-state index in [9.17, 15) is 19.8 Å². The minimum absolute atomic E-state index is 0. The van der Waals surface area contributed by atoms with Gasteiger partial charge < -0.3 is 19.8 Å². The average Bonchev–Trinajstić information content (AvgIpc) is 1.79. The Bertz CT molecular complexity index is 127. The summed E-state index contributed by atoms with van der Waals surface area (Å²) in [6.07, 6.45) is 0. The molecule has 0 atom stereocenters. The Morgan fingerprint density at radius 3 is 1.33 bits per heavy atom. The zero-order valence-electron chi connectivity index (χ0n) is 6.86. The van der Waals surface area contributed by atoms with Crippen LogP contribution in [0.4, 0.5) is 0 Å². The first-order chi connectivity index (χ1) is 4.63. The Balaban J connectivity index is -0.000000405. The molecule has 0 amide bonds. The van der Waals surface area contributed by atoms with E-state index >= 15 is 0 Å². The molecule has 0 unspecified atom stereocenters. The zero-order chi connectivity index (χ0) is 7.98. The third-order valence-electron chi connectivity index (χ3n) is 0.437. The number of carboxylic acids is 2. The summed E-state index contributed by atoms with van der Waals surface area (Å²) in [5.41, 5.74) is 0. The van der Waals surface area contributed by atoms with Gasteiger partial charge in [0.2, 0.25) is 0 Å². The van der Waals surface area contributed by atoms with E-state index in [2.05, 4.69) is 0 Å². The van der Waals surface area contributed by atoms with Crippen molar-refractivity contribution in [1.82, 2.24) is 0 Å². The second-order valence-electron chi connectivity index (χ2n) is 1.27. The van der Waals surface area contributed by atoms with Gasteiger partial charge in [0, 0.05) is 11.5 Å². The van der Waals surface area contributed by atoms with Crippen molar-refractivity contribution in [2.75, 3.05) is 11.5 Å². The second-order valence-corrected chi connectivity index (χ2v) is 3.73. The summed E-state index contributed by atoms with van der Waals surface area (Å²) < 4.78 is 0. The molecule has 8 heteroatoms. The molecule has 0 aromatic rings. The Morgan fingerprint density at radius 2 is 1.17 bits per heavy atom. The van der Waals surface area contributed by atoms with E-state index in [1.54, 1.807) is 0 Å². The van der Waals surface area contributed by atoms with Crippen molar-refractivity contribution in [2.45, 2.75) is 0 Å². The van der Waals surface area contributed by atoms with Crippen molar-refractivity contribution in [3.63, 3.8) is 0 Å². The van der Waals surface area contributed by atoms with Gasteiger partial charge in [-0.25, -0.2) is 0 Å². The van der Waals surface area contributed by atoms with Crippen LogP contribution >= 0.6 is 21.6 Å². The summed E-state index contributed by atoms with van der Waals surface area (Å²) in [5, 5.41) is 19.5. The summed E-state index contributed by atoms with van der Waals surface area (Å²) in [7, 11) is 1.85. The SMILES string of the molecule is O=C([O-])CSSCC(=O)[O-].[Na+].[Na+]. The smallest absolute Gasteiger partial charge is 0.549 e. The fourth-order valence-electron chi connectivity index (χ4n) is 0.180. The largest absolute Gasteiger partial charge is 1.00 e. The van der Waals surface area contributed by atoms with Crippen LogP contribution in [0.5, 0.6) is 0 Å². The van der Waals surface area contributed by atoms with Gasteiger partial charge in [-0.15, -0.1) is 0 Å². The first-order valence-electron chi connectivity index (χ1n) is 2.27. The predicted molar refractivity (Wildman–Crippen MR) is 34.9 cm³/mol. The van der Waals surface area contributed by atoms with E-state index in [0.29, 0.717) is 0 Å². The number of hydrogen-bond acceptors (Lipinski definition) is 6. The summed E-state index contributed by atoms with van der Waals surface area (Å²) in [4.78, 5) is 19.5. The third-order valence-corrected chi connectivity index (χ3v) is 2.52. The summed E-state index contributed by atoms with van der Waals surface area (Å²) in [6.45, 7) is 0. The number of aliphatic carboxylic acids is 2. The van der Waals surface area contributed by atoms with Gasteiger partial charge in [0.05, 0.1) is 11.9 Å². The van der Waals surface area contributed by atoms with Crippen LogP contribution in [0.1, 0.15) is 0 Å². The van der Waals surface area contributed by atoms with Crippen molar-refractivity contribution >= 4 is 33.5 Å². The molecular formula is C4H4Na2O4S2. The van der Waals surface area contributed by atoms with Crippen LogP contribution in [0.3, 0.4) is 0 Å². The molecule has 0 heterocycles. The number of carboxylic acid groups (broad SMARTS) is 2. The zero-order valence-corrected chi connectivity index (χ0v) is 12.5. The second kappa shape index (κ2) is 12.6. The van der Waals surface area contributed by atoms with Gasteiger partial charge in [-0.05, 0) is 0 Å². The Kier molecular flexibility index (Phi) is 20.3. The normalized spacial score (nSPS) is 7.67. The van der Waals surface area contributed by atoms with Crippen LogP contribution in [-0.2, 0) is 9.59 Å². The molecule has 0 aromatic heterocycles. The van der Waals surface area contributed by atoms with Gasteiger partial charge >= 0.3 is 59.1 Å². The monoisotopic (exact) mass is 226 g/mol. The van der Waals surface area contributed by atoms with Crippen LogP contribution in [-0.4, -0.2) is 23.4 Å². The summed E-state index contributed by atoms with van der Waals surface area (Å²) >= 11 is 0. The molecule has 4 nitrogen and oxygen atoms in total. The van der Waals surface area contributed by atoms with E-state index in [4.69, 9.17) is 0 Å². The van der Waals surface area contributed by atoms with Crippen molar-refractivity contribution in [2.24, 2.45) is 0 Å². The van der Waals surface area contributed by atoms with Crippen molar-refractivity contribution in [3.05, 3.63) is 0 Å². The molecule has 0 N–H and O–H groups in total. The van der Waals surface area contributed by atoms with E-state index in [1.165, 1.54) is 0 Å². The number of hydrogen-bond donors (Lipinski definition) is 0. The standard InChI is InChI=1S/C4H6O4S2.2Na/c5-3(6)1-9-10-2-4(7)8;;/h1-2H2,(H,5,6)(H,7,8);;/q;2*+1/p-2. The summed E-state index contributed by atoms with van der Waals surface area (Å²) in [5.74, 6) is -2.79. The van der Waals surface area contributed by atoms with Crippen LogP contribution in [0, 0.1) is 0 Å². The van der Waals surface area contributed by atoms with Crippen LogP contribution in [0.2, 0.25) is 0 Å². The van der Waals surface area contributed by atoms with Crippen LogP contribution in [0.25, 0.3) is 0 Å². The van der Waals surface area contributed by atoms with E-state index in [1.807, 2.05) is 0 Å². The molecular weight excluding hydrogens is 222 g/mol. The summed E-state index contributed by atoms with van der Waals surface area (Å²) in [6, 6.07) is 0. The molecule has 0 saturated carbocycles. The maximum atomic E-state index is 9.74. The third kappa shape index (κ3) is 17.7. The molecule has 0 aliphatic rings. The molecule has 0 aliphatic carbocycles. The predicted octanol–water partition coefficient (Wildman–Crippen LogP) is -8.12. The quantitative estimate of drug-likeness (QED) is 0.263. The van der Waals surface area contributed by atoms with Gasteiger partial charge in [-0.3, -0.25) is 0 Å². The van der Waals surface area contributed by atoms with Gasteiger partial charge in [-0.2, -0.15) is 0 Å². The first-order valence-corrected chi connectivity index (χ1v) is 4.76. The maximum absolute atomic E-state index is 9.74. The minimum atomic E-state index is -1.20. The van der Waals surface area contributed by atoms with Gasteiger partial charge in [-0.1, -0.05) is 21.6 Å². The Labute approximate surface area is 122 Å². The van der Waals surface area contributed by atoms with Gasteiger partial charge in [0.15, 0.2) is 0 Å². The molecule has 58 valence electrons. The van der Waals surface area contributed by atoms with Crippen LogP contribution < -0.4 is 69.3 Å². The van der Waals surface area contributed by atoms with Crippen LogP contribution in [0.15, 0.2) is 0 Å².